The highest BCUT2D eigenvalue weighted by atomic mass is 15.5. The third-order valence-electron chi connectivity index (χ3n) is 5.08. The van der Waals surface area contributed by atoms with Crippen molar-refractivity contribution in [2.45, 2.75) is 44.1 Å². The highest BCUT2D eigenvalue weighted by Gasteiger charge is 2.39. The van der Waals surface area contributed by atoms with E-state index in [0.29, 0.717) is 12.0 Å². The molecule has 2 atom stereocenters. The van der Waals surface area contributed by atoms with Crippen LogP contribution in [0.3, 0.4) is 0 Å². The summed E-state index contributed by atoms with van der Waals surface area (Å²) in [6, 6.07) is 11.3. The van der Waals surface area contributed by atoms with E-state index in [2.05, 4.69) is 48.6 Å². The minimum Gasteiger partial charge on any atom is -0.299 e. The highest BCUT2D eigenvalue weighted by molar-refractivity contribution is 5.51. The number of benzene rings is 1. The van der Waals surface area contributed by atoms with E-state index in [1.165, 1.54) is 41.7 Å². The Labute approximate surface area is 126 Å². The molecule has 0 amide bonds. The van der Waals surface area contributed by atoms with Gasteiger partial charge in [-0.2, -0.15) is 0 Å². The van der Waals surface area contributed by atoms with E-state index in [1.54, 1.807) is 0 Å². The zero-order valence-electron chi connectivity index (χ0n) is 12.3. The maximum absolute atomic E-state index is 6.24. The van der Waals surface area contributed by atoms with Gasteiger partial charge in [-0.1, -0.05) is 48.6 Å². The molecule has 2 unspecified atom stereocenters. The van der Waals surface area contributed by atoms with Crippen LogP contribution >= 0.6 is 0 Å². The van der Waals surface area contributed by atoms with E-state index < -0.39 is 0 Å². The fourth-order valence-corrected chi connectivity index (χ4v) is 3.92. The molecule has 4 rings (SSSR count). The molecule has 0 radical (unpaired) electrons. The average molecular weight is 278 g/mol. The lowest BCUT2D eigenvalue weighted by atomic mass is 9.76. The number of hydrogen-bond acceptors (Lipinski definition) is 2. The van der Waals surface area contributed by atoms with Crippen molar-refractivity contribution >= 4 is 0 Å². The van der Waals surface area contributed by atoms with Crippen LogP contribution in [0.15, 0.2) is 65.4 Å². The number of nitrogens with two attached hydrogens (primary N) is 1. The Bertz CT molecular complexity index is 624. The maximum atomic E-state index is 6.24. The molecule has 1 aromatic carbocycles. The van der Waals surface area contributed by atoms with Crippen LogP contribution in [0.4, 0.5) is 0 Å². The SMILES string of the molecule is NN1C2=CCCC=C2C1C1=CCC(c2ccccc2)CC1. The number of fused-ring (bicyclic) bond motifs is 1. The topological polar surface area (TPSA) is 29.3 Å². The Balaban J connectivity index is 1.50. The summed E-state index contributed by atoms with van der Waals surface area (Å²) in [6.07, 6.45) is 13.0. The third kappa shape index (κ3) is 2.14. The van der Waals surface area contributed by atoms with Crippen LogP contribution in [-0.4, -0.2) is 11.1 Å². The highest BCUT2D eigenvalue weighted by Crippen LogP contribution is 2.44. The molecular formula is C19H22N2. The molecule has 21 heavy (non-hydrogen) atoms. The van der Waals surface area contributed by atoms with Gasteiger partial charge < -0.3 is 0 Å². The van der Waals surface area contributed by atoms with Gasteiger partial charge in [-0.15, -0.1) is 0 Å². The smallest absolute Gasteiger partial charge is 0.0929 e. The standard InChI is InChI=1S/C19H22N2/c20-21-18-9-5-4-8-17(18)19(21)16-12-10-15(11-13-16)14-6-2-1-3-7-14/h1-3,6-9,12,15,19H,4-5,10-11,13,20H2. The Morgan fingerprint density at radius 1 is 1.00 bits per heavy atom. The van der Waals surface area contributed by atoms with Gasteiger partial charge in [-0.05, 0) is 49.2 Å². The molecule has 1 aliphatic heterocycles. The number of nitrogens with zero attached hydrogens (tertiary/aromatic N) is 1. The fraction of sp³-hybridized carbons (Fsp3) is 0.368. The Hall–Kier alpha value is -1.80. The summed E-state index contributed by atoms with van der Waals surface area (Å²) in [7, 11) is 0. The Morgan fingerprint density at radius 2 is 1.81 bits per heavy atom. The van der Waals surface area contributed by atoms with Crippen molar-refractivity contribution in [2.75, 3.05) is 0 Å². The van der Waals surface area contributed by atoms with Crippen LogP contribution in [0, 0.1) is 0 Å². The number of rotatable bonds is 2. The molecule has 2 heteroatoms. The van der Waals surface area contributed by atoms with Gasteiger partial charge in [0.05, 0.1) is 11.7 Å². The van der Waals surface area contributed by atoms with Gasteiger partial charge in [0.2, 0.25) is 0 Å². The molecule has 3 aliphatic rings. The van der Waals surface area contributed by atoms with E-state index in [0.717, 1.165) is 12.8 Å². The second kappa shape index (κ2) is 5.19. The minimum absolute atomic E-state index is 0.355. The molecule has 2 N–H and O–H groups in total. The molecule has 1 saturated heterocycles. The minimum atomic E-state index is 0.355. The molecule has 2 nitrogen and oxygen atoms in total. The van der Waals surface area contributed by atoms with Crippen molar-refractivity contribution in [2.24, 2.45) is 5.84 Å². The molecular weight excluding hydrogens is 256 g/mol. The maximum Gasteiger partial charge on any atom is 0.0929 e. The summed E-state index contributed by atoms with van der Waals surface area (Å²) < 4.78 is 0. The first kappa shape index (κ1) is 12.9. The average Bonchev–Trinajstić information content (AvgIpc) is 2.56. The van der Waals surface area contributed by atoms with Crippen molar-refractivity contribution in [1.29, 1.82) is 0 Å². The summed E-state index contributed by atoms with van der Waals surface area (Å²) in [5, 5.41) is 1.97. The van der Waals surface area contributed by atoms with Gasteiger partial charge >= 0.3 is 0 Å². The summed E-state index contributed by atoms with van der Waals surface area (Å²) >= 11 is 0. The predicted molar refractivity (Wildman–Crippen MR) is 86.3 cm³/mol. The van der Waals surface area contributed by atoms with Gasteiger partial charge in [0, 0.05) is 5.57 Å². The first-order chi connectivity index (χ1) is 10.3. The summed E-state index contributed by atoms with van der Waals surface area (Å²) in [5.41, 5.74) is 5.73. The normalized spacial score (nSPS) is 28.0. The van der Waals surface area contributed by atoms with Crippen LogP contribution in [0.1, 0.15) is 43.6 Å². The molecule has 1 fully saturated rings. The largest absolute Gasteiger partial charge is 0.299 e. The van der Waals surface area contributed by atoms with Gasteiger partial charge in [-0.25, -0.2) is 5.84 Å². The molecule has 1 heterocycles. The second-order valence-electron chi connectivity index (χ2n) is 6.30. The first-order valence-corrected chi connectivity index (χ1v) is 8.03. The molecule has 2 aliphatic carbocycles. The van der Waals surface area contributed by atoms with E-state index in [-0.39, 0.29) is 0 Å². The van der Waals surface area contributed by atoms with Crippen molar-refractivity contribution in [1.82, 2.24) is 5.01 Å². The van der Waals surface area contributed by atoms with Crippen LogP contribution < -0.4 is 5.84 Å². The second-order valence-corrected chi connectivity index (χ2v) is 6.30. The van der Waals surface area contributed by atoms with Gasteiger partial charge in [0.1, 0.15) is 0 Å². The lowest BCUT2D eigenvalue weighted by Gasteiger charge is -2.48. The van der Waals surface area contributed by atoms with Crippen molar-refractivity contribution < 1.29 is 0 Å². The van der Waals surface area contributed by atoms with Crippen molar-refractivity contribution in [3.8, 4) is 0 Å². The number of allylic oxidation sites excluding steroid dienone is 3. The lowest BCUT2D eigenvalue weighted by molar-refractivity contribution is 0.246. The van der Waals surface area contributed by atoms with E-state index >= 15 is 0 Å². The van der Waals surface area contributed by atoms with Gasteiger partial charge in [0.25, 0.3) is 0 Å². The van der Waals surface area contributed by atoms with Gasteiger partial charge in [-0.3, -0.25) is 5.01 Å². The molecule has 0 bridgehead atoms. The third-order valence-corrected chi connectivity index (χ3v) is 5.08. The monoisotopic (exact) mass is 278 g/mol. The first-order valence-electron chi connectivity index (χ1n) is 8.03. The van der Waals surface area contributed by atoms with Crippen molar-refractivity contribution in [3.63, 3.8) is 0 Å². The fourth-order valence-electron chi connectivity index (χ4n) is 3.92. The van der Waals surface area contributed by atoms with Crippen LogP contribution in [0.2, 0.25) is 0 Å². The Kier molecular flexibility index (Phi) is 3.19. The molecule has 1 aromatic rings. The summed E-state index contributed by atoms with van der Waals surface area (Å²) in [4.78, 5) is 0. The van der Waals surface area contributed by atoms with E-state index in [9.17, 15) is 0 Å². The summed E-state index contributed by atoms with van der Waals surface area (Å²) in [6.45, 7) is 0. The molecule has 108 valence electrons. The van der Waals surface area contributed by atoms with E-state index in [4.69, 9.17) is 5.84 Å². The zero-order valence-corrected chi connectivity index (χ0v) is 12.3. The zero-order chi connectivity index (χ0) is 14.2. The van der Waals surface area contributed by atoms with Crippen LogP contribution in [0.25, 0.3) is 0 Å². The number of hydrogen-bond donors (Lipinski definition) is 1. The predicted octanol–water partition coefficient (Wildman–Crippen LogP) is 4.04. The molecule has 0 aromatic heterocycles. The quantitative estimate of drug-likeness (QED) is 0.653. The number of hydrazine groups is 1. The lowest BCUT2D eigenvalue weighted by Crippen LogP contribution is -2.54. The Morgan fingerprint density at radius 3 is 2.57 bits per heavy atom. The van der Waals surface area contributed by atoms with Crippen molar-refractivity contribution in [3.05, 3.63) is 71.0 Å². The molecule has 0 spiro atoms. The molecule has 0 saturated carbocycles. The van der Waals surface area contributed by atoms with Crippen LogP contribution in [-0.2, 0) is 0 Å². The summed E-state index contributed by atoms with van der Waals surface area (Å²) in [5.74, 6) is 6.91. The van der Waals surface area contributed by atoms with E-state index in [1.807, 2.05) is 5.01 Å². The van der Waals surface area contributed by atoms with Gasteiger partial charge in [0.15, 0.2) is 0 Å². The van der Waals surface area contributed by atoms with Crippen LogP contribution in [0.5, 0.6) is 0 Å².